The highest BCUT2D eigenvalue weighted by atomic mass is 35.5. The van der Waals surface area contributed by atoms with Crippen LogP contribution in [0.15, 0.2) is 24.3 Å². The lowest BCUT2D eigenvalue weighted by atomic mass is 10.1. The minimum atomic E-state index is -0.0459. The molecule has 102 valence electrons. The van der Waals surface area contributed by atoms with E-state index < -0.39 is 0 Å². The number of rotatable bonds is 4. The molecule has 0 saturated heterocycles. The zero-order valence-corrected chi connectivity index (χ0v) is 12.3. The van der Waals surface area contributed by atoms with Gasteiger partial charge in [0.15, 0.2) is 0 Å². The van der Waals surface area contributed by atoms with Gasteiger partial charge in [0.1, 0.15) is 5.69 Å². The van der Waals surface area contributed by atoms with Crippen LogP contribution in [-0.4, -0.2) is 17.0 Å². The van der Waals surface area contributed by atoms with Crippen molar-refractivity contribution in [3.63, 3.8) is 0 Å². The van der Waals surface area contributed by atoms with Crippen LogP contribution in [0.3, 0.4) is 0 Å². The van der Waals surface area contributed by atoms with Crippen molar-refractivity contribution >= 4 is 28.4 Å². The van der Waals surface area contributed by atoms with Crippen LogP contribution in [0.2, 0.25) is 5.02 Å². The second-order valence-corrected chi connectivity index (χ2v) is 5.61. The molecule has 0 saturated carbocycles. The smallest absolute Gasteiger partial charge is 0.267 e. The number of halogens is 1. The molecule has 4 heteroatoms. The van der Waals surface area contributed by atoms with Crippen LogP contribution in [0, 0.1) is 5.92 Å². The Morgan fingerprint density at radius 2 is 2.16 bits per heavy atom. The maximum absolute atomic E-state index is 12.2. The minimum absolute atomic E-state index is 0.0459. The number of hydrogen-bond acceptors (Lipinski definition) is 1. The van der Waals surface area contributed by atoms with Crippen molar-refractivity contribution < 1.29 is 4.79 Å². The van der Waals surface area contributed by atoms with Crippen LogP contribution in [0.4, 0.5) is 0 Å². The van der Waals surface area contributed by atoms with E-state index in [0.29, 0.717) is 23.2 Å². The van der Waals surface area contributed by atoms with Crippen molar-refractivity contribution in [1.82, 2.24) is 9.88 Å². The molecule has 1 aromatic heterocycles. The Balaban J connectivity index is 2.23. The summed E-state index contributed by atoms with van der Waals surface area (Å²) >= 11 is 6.15. The summed E-state index contributed by atoms with van der Waals surface area (Å²) in [6.07, 6.45) is 0.983. The van der Waals surface area contributed by atoms with E-state index in [-0.39, 0.29) is 5.91 Å². The molecule has 0 aliphatic heterocycles. The van der Waals surface area contributed by atoms with Gasteiger partial charge in [-0.25, -0.2) is 0 Å². The SMILES string of the molecule is CC(C)CCNC(=O)c1cc2c(Cl)cccc2n1C. The standard InChI is InChI=1S/C15H19ClN2O/c1-10(2)7-8-17-15(19)14-9-11-12(16)5-4-6-13(11)18(14)3/h4-6,9-10H,7-8H2,1-3H3,(H,17,19). The van der Waals surface area contributed by atoms with Gasteiger partial charge in [0, 0.05) is 29.5 Å². The number of hydrogen-bond donors (Lipinski definition) is 1. The summed E-state index contributed by atoms with van der Waals surface area (Å²) in [5, 5.41) is 4.54. The Labute approximate surface area is 118 Å². The van der Waals surface area contributed by atoms with Gasteiger partial charge in [-0.05, 0) is 30.5 Å². The molecule has 0 radical (unpaired) electrons. The highest BCUT2D eigenvalue weighted by Gasteiger charge is 2.14. The first kappa shape index (κ1) is 13.9. The molecule has 0 fully saturated rings. The van der Waals surface area contributed by atoms with E-state index >= 15 is 0 Å². The zero-order valence-electron chi connectivity index (χ0n) is 11.5. The predicted molar refractivity (Wildman–Crippen MR) is 79.7 cm³/mol. The molecule has 0 atom stereocenters. The normalized spacial score (nSPS) is 11.2. The van der Waals surface area contributed by atoms with Gasteiger partial charge in [-0.3, -0.25) is 4.79 Å². The number of aryl methyl sites for hydroxylation is 1. The summed E-state index contributed by atoms with van der Waals surface area (Å²) in [6, 6.07) is 7.55. The number of carbonyl (C=O) groups excluding carboxylic acids is 1. The van der Waals surface area contributed by atoms with Crippen molar-refractivity contribution in [3.8, 4) is 0 Å². The molecule has 1 heterocycles. The zero-order chi connectivity index (χ0) is 14.0. The van der Waals surface area contributed by atoms with Crippen molar-refractivity contribution in [2.45, 2.75) is 20.3 Å². The Kier molecular flexibility index (Phi) is 4.15. The van der Waals surface area contributed by atoms with Crippen LogP contribution in [0.25, 0.3) is 10.9 Å². The third-order valence-electron chi connectivity index (χ3n) is 3.27. The fourth-order valence-electron chi connectivity index (χ4n) is 2.11. The summed E-state index contributed by atoms with van der Waals surface area (Å²) in [5.41, 5.74) is 1.62. The second kappa shape index (κ2) is 5.66. The molecule has 0 spiro atoms. The van der Waals surface area contributed by atoms with Crippen molar-refractivity contribution in [3.05, 3.63) is 35.0 Å². The number of benzene rings is 1. The Morgan fingerprint density at radius 1 is 1.42 bits per heavy atom. The van der Waals surface area contributed by atoms with Gasteiger partial charge in [-0.1, -0.05) is 31.5 Å². The average molecular weight is 279 g/mol. The third kappa shape index (κ3) is 2.92. The molecule has 1 amide bonds. The molecule has 2 aromatic rings. The molecular weight excluding hydrogens is 260 g/mol. The molecule has 0 aliphatic rings. The van der Waals surface area contributed by atoms with Crippen LogP contribution >= 0.6 is 11.6 Å². The lowest BCUT2D eigenvalue weighted by molar-refractivity contribution is 0.0944. The average Bonchev–Trinajstić information content (AvgIpc) is 2.68. The van der Waals surface area contributed by atoms with E-state index in [1.807, 2.05) is 35.9 Å². The number of fused-ring (bicyclic) bond motifs is 1. The number of nitrogens with zero attached hydrogens (tertiary/aromatic N) is 1. The van der Waals surface area contributed by atoms with Crippen molar-refractivity contribution in [2.75, 3.05) is 6.54 Å². The molecule has 19 heavy (non-hydrogen) atoms. The number of aromatic nitrogens is 1. The second-order valence-electron chi connectivity index (χ2n) is 5.20. The summed E-state index contributed by atoms with van der Waals surface area (Å²) in [4.78, 5) is 12.2. The summed E-state index contributed by atoms with van der Waals surface area (Å²) in [7, 11) is 1.88. The maximum atomic E-state index is 12.2. The largest absolute Gasteiger partial charge is 0.351 e. The molecular formula is C15H19ClN2O. The van der Waals surface area contributed by atoms with Gasteiger partial charge in [0.05, 0.1) is 0 Å². The van der Waals surface area contributed by atoms with Crippen LogP contribution in [0.1, 0.15) is 30.8 Å². The van der Waals surface area contributed by atoms with Crippen molar-refractivity contribution in [1.29, 1.82) is 0 Å². The topological polar surface area (TPSA) is 34.0 Å². The van der Waals surface area contributed by atoms with E-state index in [9.17, 15) is 4.79 Å². The monoisotopic (exact) mass is 278 g/mol. The van der Waals surface area contributed by atoms with Crippen LogP contribution in [-0.2, 0) is 7.05 Å². The minimum Gasteiger partial charge on any atom is -0.351 e. The predicted octanol–water partition coefficient (Wildman–Crippen LogP) is 3.61. The van der Waals surface area contributed by atoms with E-state index in [1.54, 1.807) is 0 Å². The fourth-order valence-corrected chi connectivity index (χ4v) is 2.33. The number of nitrogens with one attached hydrogen (secondary N) is 1. The highest BCUT2D eigenvalue weighted by Crippen LogP contribution is 2.26. The highest BCUT2D eigenvalue weighted by molar-refractivity contribution is 6.35. The summed E-state index contributed by atoms with van der Waals surface area (Å²) < 4.78 is 1.88. The Morgan fingerprint density at radius 3 is 2.79 bits per heavy atom. The van der Waals surface area contributed by atoms with Gasteiger partial charge >= 0.3 is 0 Å². The third-order valence-corrected chi connectivity index (χ3v) is 3.60. The van der Waals surface area contributed by atoms with E-state index in [1.165, 1.54) is 0 Å². The molecule has 1 aromatic carbocycles. The lowest BCUT2D eigenvalue weighted by Gasteiger charge is -2.08. The molecule has 3 nitrogen and oxygen atoms in total. The summed E-state index contributed by atoms with van der Waals surface area (Å²) in [6.45, 7) is 4.98. The lowest BCUT2D eigenvalue weighted by Crippen LogP contribution is -2.27. The van der Waals surface area contributed by atoms with E-state index in [2.05, 4.69) is 19.2 Å². The van der Waals surface area contributed by atoms with Gasteiger partial charge in [-0.15, -0.1) is 0 Å². The van der Waals surface area contributed by atoms with Gasteiger partial charge < -0.3 is 9.88 Å². The maximum Gasteiger partial charge on any atom is 0.267 e. The van der Waals surface area contributed by atoms with Gasteiger partial charge in [0.25, 0.3) is 5.91 Å². The molecule has 0 unspecified atom stereocenters. The Bertz CT molecular complexity index is 601. The molecule has 0 bridgehead atoms. The molecule has 2 rings (SSSR count). The first-order chi connectivity index (χ1) is 9.00. The molecule has 1 N–H and O–H groups in total. The first-order valence-electron chi connectivity index (χ1n) is 6.53. The summed E-state index contributed by atoms with van der Waals surface area (Å²) in [5.74, 6) is 0.539. The number of carbonyl (C=O) groups is 1. The van der Waals surface area contributed by atoms with Crippen LogP contribution in [0.5, 0.6) is 0 Å². The fraction of sp³-hybridized carbons (Fsp3) is 0.400. The van der Waals surface area contributed by atoms with E-state index in [4.69, 9.17) is 11.6 Å². The van der Waals surface area contributed by atoms with Gasteiger partial charge in [0.2, 0.25) is 0 Å². The molecule has 0 aliphatic carbocycles. The van der Waals surface area contributed by atoms with Crippen molar-refractivity contribution in [2.24, 2.45) is 13.0 Å². The Hall–Kier alpha value is -1.48. The quantitative estimate of drug-likeness (QED) is 0.911. The van der Waals surface area contributed by atoms with Gasteiger partial charge in [-0.2, -0.15) is 0 Å². The van der Waals surface area contributed by atoms with E-state index in [0.717, 1.165) is 17.3 Å². The van der Waals surface area contributed by atoms with Crippen LogP contribution < -0.4 is 5.32 Å². The first-order valence-corrected chi connectivity index (χ1v) is 6.90. The number of amides is 1.